The average Bonchev–Trinajstić information content (AvgIpc) is 3.22. The standard InChI is InChI=1S/C25H37BrFN5O4S/c1-4-10-31-17-20-22(28-24(33)23(20)29(3)25(31)26)19-16-18(7-8-21(19)36-5-2)37(34,35)32-14-12-30(13-15-32)11-6-9-27/h7-8,16,22,25H,4-6,9-15,17H2,1-3H3,(H,28,33). The molecule has 3 heterocycles. The van der Waals surface area contributed by atoms with Crippen LogP contribution in [-0.4, -0.2) is 105 Å². The predicted octanol–water partition coefficient (Wildman–Crippen LogP) is 2.51. The summed E-state index contributed by atoms with van der Waals surface area (Å²) in [5.74, 6) is 0.380. The fraction of sp³-hybridized carbons (Fsp3) is 0.640. The molecule has 3 aliphatic heterocycles. The van der Waals surface area contributed by atoms with E-state index in [1.165, 1.54) is 4.31 Å². The average molecular weight is 603 g/mol. The number of hydrogen-bond acceptors (Lipinski definition) is 7. The lowest BCUT2D eigenvalue weighted by Crippen LogP contribution is -2.48. The van der Waals surface area contributed by atoms with Crippen molar-refractivity contribution in [2.75, 3.05) is 66.1 Å². The van der Waals surface area contributed by atoms with Crippen LogP contribution in [0.2, 0.25) is 0 Å². The summed E-state index contributed by atoms with van der Waals surface area (Å²) in [7, 11) is -1.87. The molecule has 3 aliphatic rings. The lowest BCUT2D eigenvalue weighted by molar-refractivity contribution is -0.118. The number of nitrogens with one attached hydrogen (secondary N) is 1. The fourth-order valence-corrected chi connectivity index (χ4v) is 7.34. The zero-order valence-corrected chi connectivity index (χ0v) is 24.2. The molecule has 0 aliphatic carbocycles. The van der Waals surface area contributed by atoms with Gasteiger partial charge in [0.15, 0.2) is 0 Å². The van der Waals surface area contributed by atoms with E-state index in [1.54, 1.807) is 18.2 Å². The summed E-state index contributed by atoms with van der Waals surface area (Å²) in [4.78, 5) is 19.5. The molecule has 12 heteroatoms. The quantitative estimate of drug-likeness (QED) is 0.326. The Morgan fingerprint density at radius 1 is 1.16 bits per heavy atom. The number of nitrogens with zero attached hydrogens (tertiary/aromatic N) is 4. The van der Waals surface area contributed by atoms with Gasteiger partial charge in [0.25, 0.3) is 5.91 Å². The molecule has 9 nitrogen and oxygen atoms in total. The molecule has 0 aromatic heterocycles. The van der Waals surface area contributed by atoms with Crippen molar-refractivity contribution in [1.29, 1.82) is 0 Å². The number of carbonyl (C=O) groups excluding carboxylic acids is 1. The van der Waals surface area contributed by atoms with E-state index in [-0.39, 0.29) is 22.6 Å². The van der Waals surface area contributed by atoms with Crippen LogP contribution < -0.4 is 10.1 Å². The maximum absolute atomic E-state index is 13.6. The van der Waals surface area contributed by atoms with Crippen molar-refractivity contribution in [2.45, 2.75) is 42.7 Å². The van der Waals surface area contributed by atoms with Gasteiger partial charge >= 0.3 is 0 Å². The van der Waals surface area contributed by atoms with Gasteiger partial charge in [0.1, 0.15) is 16.5 Å². The van der Waals surface area contributed by atoms with Crippen LogP contribution >= 0.6 is 15.9 Å². The smallest absolute Gasteiger partial charge is 0.268 e. The Morgan fingerprint density at radius 3 is 2.54 bits per heavy atom. The number of hydrogen-bond donors (Lipinski definition) is 1. The minimum absolute atomic E-state index is 0.0997. The molecule has 206 valence electrons. The molecule has 2 atom stereocenters. The fourth-order valence-electron chi connectivity index (χ4n) is 5.33. The minimum Gasteiger partial charge on any atom is -0.494 e. The highest BCUT2D eigenvalue weighted by molar-refractivity contribution is 9.09. The molecule has 0 radical (unpaired) electrons. The Hall–Kier alpha value is -1.73. The van der Waals surface area contributed by atoms with Crippen molar-refractivity contribution in [3.63, 3.8) is 0 Å². The number of piperazine rings is 1. The zero-order valence-electron chi connectivity index (χ0n) is 21.8. The molecule has 0 spiro atoms. The lowest BCUT2D eigenvalue weighted by Gasteiger charge is -2.40. The van der Waals surface area contributed by atoms with Crippen LogP contribution in [0.4, 0.5) is 4.39 Å². The van der Waals surface area contributed by atoms with Crippen molar-refractivity contribution in [2.24, 2.45) is 0 Å². The SMILES string of the molecule is CCCN1CC2=C(C(=O)NC2c2cc(S(=O)(=O)N3CCN(CCCF)CC3)ccc2OCC)N(C)C1Br. The molecule has 0 bridgehead atoms. The molecule has 1 amide bonds. The van der Waals surface area contributed by atoms with E-state index in [4.69, 9.17) is 4.74 Å². The van der Waals surface area contributed by atoms with Crippen LogP contribution in [0, 0.1) is 0 Å². The zero-order chi connectivity index (χ0) is 26.7. The van der Waals surface area contributed by atoms with Crippen LogP contribution in [-0.2, 0) is 14.8 Å². The van der Waals surface area contributed by atoms with Crippen LogP contribution in [0.1, 0.15) is 38.3 Å². The number of alkyl halides is 2. The number of likely N-dealkylation sites (N-methyl/N-ethyl adjacent to an activating group) is 1. The summed E-state index contributed by atoms with van der Waals surface area (Å²) in [6.45, 7) is 7.96. The summed E-state index contributed by atoms with van der Waals surface area (Å²) in [6, 6.07) is 4.44. The number of amides is 1. The van der Waals surface area contributed by atoms with Crippen LogP contribution in [0.25, 0.3) is 0 Å². The first-order valence-corrected chi connectivity index (χ1v) is 15.3. The largest absolute Gasteiger partial charge is 0.494 e. The molecule has 4 rings (SSSR count). The van der Waals surface area contributed by atoms with E-state index >= 15 is 0 Å². The third kappa shape index (κ3) is 5.68. The van der Waals surface area contributed by atoms with Gasteiger partial charge in [0.2, 0.25) is 10.0 Å². The first kappa shape index (κ1) is 28.3. The maximum atomic E-state index is 13.6. The highest BCUT2D eigenvalue weighted by atomic mass is 79.9. The van der Waals surface area contributed by atoms with E-state index in [9.17, 15) is 17.6 Å². The number of rotatable bonds is 10. The molecule has 1 fully saturated rings. The lowest BCUT2D eigenvalue weighted by atomic mass is 9.97. The van der Waals surface area contributed by atoms with Gasteiger partial charge in [-0.15, -0.1) is 0 Å². The summed E-state index contributed by atoms with van der Waals surface area (Å²) >= 11 is 3.71. The number of ether oxygens (including phenoxy) is 1. The van der Waals surface area contributed by atoms with E-state index in [1.807, 2.05) is 18.9 Å². The number of sulfonamides is 1. The van der Waals surface area contributed by atoms with E-state index < -0.39 is 16.1 Å². The predicted molar refractivity (Wildman–Crippen MR) is 144 cm³/mol. The van der Waals surface area contributed by atoms with Crippen LogP contribution in [0.5, 0.6) is 5.75 Å². The summed E-state index contributed by atoms with van der Waals surface area (Å²) < 4.78 is 47.1. The van der Waals surface area contributed by atoms with Crippen molar-refractivity contribution in [1.82, 2.24) is 24.3 Å². The van der Waals surface area contributed by atoms with Gasteiger partial charge in [-0.3, -0.25) is 14.1 Å². The first-order chi connectivity index (χ1) is 17.7. The number of benzene rings is 1. The molecule has 2 unspecified atom stereocenters. The number of halogens is 2. The van der Waals surface area contributed by atoms with Crippen molar-refractivity contribution < 1.29 is 22.3 Å². The van der Waals surface area contributed by atoms with E-state index in [0.29, 0.717) is 69.3 Å². The van der Waals surface area contributed by atoms with Crippen molar-refractivity contribution in [3.05, 3.63) is 35.0 Å². The summed E-state index contributed by atoms with van der Waals surface area (Å²) in [5, 5.41) is 2.98. The minimum atomic E-state index is -3.75. The molecule has 37 heavy (non-hydrogen) atoms. The Kier molecular flexibility index (Phi) is 9.16. The van der Waals surface area contributed by atoms with Gasteiger partial charge in [-0.25, -0.2) is 8.42 Å². The van der Waals surface area contributed by atoms with Gasteiger partial charge < -0.3 is 19.9 Å². The highest BCUT2D eigenvalue weighted by Gasteiger charge is 2.43. The van der Waals surface area contributed by atoms with Gasteiger partial charge in [0, 0.05) is 58.4 Å². The third-order valence-electron chi connectivity index (χ3n) is 7.17. The molecular formula is C25H37BrFN5O4S. The third-order valence-corrected chi connectivity index (χ3v) is 10.3. The topological polar surface area (TPSA) is 85.4 Å². The molecule has 1 aromatic rings. The summed E-state index contributed by atoms with van der Waals surface area (Å²) in [6.07, 6.45) is 1.42. The Balaban J connectivity index is 1.66. The Morgan fingerprint density at radius 2 is 1.89 bits per heavy atom. The second-order valence-electron chi connectivity index (χ2n) is 9.59. The van der Waals surface area contributed by atoms with Crippen molar-refractivity contribution >= 4 is 31.9 Å². The molecular weight excluding hydrogens is 565 g/mol. The number of carbonyl (C=O) groups is 1. The molecule has 1 aromatic carbocycles. The molecule has 0 saturated carbocycles. The van der Waals surface area contributed by atoms with Gasteiger partial charge in [-0.2, -0.15) is 4.31 Å². The van der Waals surface area contributed by atoms with Gasteiger partial charge in [-0.1, -0.05) is 6.92 Å². The molecule has 1 N–H and O–H groups in total. The molecule has 1 saturated heterocycles. The van der Waals surface area contributed by atoms with Gasteiger partial charge in [0.05, 0.1) is 24.2 Å². The van der Waals surface area contributed by atoms with E-state index in [0.717, 1.165) is 18.5 Å². The second kappa shape index (κ2) is 12.0. The van der Waals surface area contributed by atoms with Gasteiger partial charge in [-0.05, 0) is 59.5 Å². The second-order valence-corrected chi connectivity index (χ2v) is 12.4. The monoisotopic (exact) mass is 601 g/mol. The van der Waals surface area contributed by atoms with Crippen LogP contribution in [0.3, 0.4) is 0 Å². The summed E-state index contributed by atoms with van der Waals surface area (Å²) in [5.41, 5.74) is 2.16. The highest BCUT2D eigenvalue weighted by Crippen LogP contribution is 2.41. The maximum Gasteiger partial charge on any atom is 0.268 e. The van der Waals surface area contributed by atoms with Crippen LogP contribution in [0.15, 0.2) is 34.4 Å². The Bertz CT molecular complexity index is 1130. The normalized spacial score (nSPS) is 23.9. The van der Waals surface area contributed by atoms with E-state index in [2.05, 4.69) is 38.0 Å². The first-order valence-electron chi connectivity index (χ1n) is 12.9. The van der Waals surface area contributed by atoms with Crippen molar-refractivity contribution in [3.8, 4) is 5.75 Å². The Labute approximate surface area is 227 Å².